The molecule has 8 bridgehead atoms. The molecule has 2 aromatic heterocycles. The van der Waals surface area contributed by atoms with Crippen molar-refractivity contribution in [3.05, 3.63) is 99.0 Å². The Balaban J connectivity index is 1.11. The van der Waals surface area contributed by atoms with Gasteiger partial charge in [0.1, 0.15) is 29.5 Å². The number of nitrogens with zero attached hydrogens (tertiary/aromatic N) is 1. The van der Waals surface area contributed by atoms with E-state index in [0.29, 0.717) is 64.7 Å². The molecule has 7 aliphatic carbocycles. The van der Waals surface area contributed by atoms with Crippen LogP contribution in [0.15, 0.2) is 59.9 Å². The Morgan fingerprint density at radius 1 is 0.818 bits per heavy atom. The average Bonchev–Trinajstić information content (AvgIpc) is 4.16. The van der Waals surface area contributed by atoms with Gasteiger partial charge in [-0.15, -0.1) is 0 Å². The van der Waals surface area contributed by atoms with Crippen LogP contribution in [0.3, 0.4) is 0 Å². The van der Waals surface area contributed by atoms with Crippen LogP contribution in [0.5, 0.6) is 11.5 Å². The van der Waals surface area contributed by atoms with Crippen LogP contribution >= 0.6 is 0 Å². The lowest BCUT2D eigenvalue weighted by Crippen LogP contribution is -2.79. The zero-order valence-corrected chi connectivity index (χ0v) is 37.0. The molecule has 342 valence electrons. The summed E-state index contributed by atoms with van der Waals surface area (Å²) in [5.41, 5.74) is -0.101. The first-order valence-corrected chi connectivity index (χ1v) is 24.3. The third-order valence-electron chi connectivity index (χ3n) is 19.3. The number of ketones is 2. The fourth-order valence-electron chi connectivity index (χ4n) is 16.7. The van der Waals surface area contributed by atoms with E-state index in [0.717, 1.165) is 75.3 Å². The number of fused-ring (bicyclic) bond motifs is 7. The number of hydrogen-bond acceptors (Lipinski definition) is 12. The molecule has 6 spiro atoms. The number of carbonyl (C=O) groups excluding carboxylic acids is 2. The van der Waals surface area contributed by atoms with Crippen LogP contribution in [0.25, 0.3) is 16.3 Å². The molecule has 8 N–H and O–H groups in total. The average molecular weight is 894 g/mol. The van der Waals surface area contributed by atoms with Crippen molar-refractivity contribution in [2.24, 2.45) is 21.7 Å². The van der Waals surface area contributed by atoms with E-state index in [2.05, 4.69) is 16.4 Å². The number of H-pyrrole nitrogens is 1. The Labute approximate surface area is 380 Å². The molecule has 4 aromatic rings. The number of phenols is 1. The molecule has 10 atom stereocenters. The number of hydrogen-bond donors (Lipinski definition) is 8. The number of aliphatic hydroxyl groups is 5. The molecule has 0 radical (unpaired) electrons. The van der Waals surface area contributed by atoms with Crippen LogP contribution in [-0.2, 0) is 4.74 Å². The first-order valence-electron chi connectivity index (χ1n) is 24.3. The Hall–Kier alpha value is -4.89. The number of aromatic hydroxyl groups is 1. The van der Waals surface area contributed by atoms with Gasteiger partial charge >= 0.3 is 0 Å². The highest BCUT2D eigenvalue weighted by molar-refractivity contribution is 6.34. The first kappa shape index (κ1) is 40.2. The monoisotopic (exact) mass is 893 g/mol. The van der Waals surface area contributed by atoms with Crippen LogP contribution in [-0.4, -0.2) is 101 Å². The largest absolute Gasteiger partial charge is 0.507 e. The molecular formula is C53H55N3O10. The van der Waals surface area contributed by atoms with Crippen molar-refractivity contribution >= 4 is 33.7 Å². The molecule has 13 heteroatoms. The number of aromatic nitrogens is 2. The zero-order chi connectivity index (χ0) is 45.1. The fourth-order valence-corrected chi connectivity index (χ4v) is 16.7. The van der Waals surface area contributed by atoms with Crippen molar-refractivity contribution in [3.63, 3.8) is 0 Å². The van der Waals surface area contributed by atoms with Gasteiger partial charge in [-0.1, -0.05) is 31.3 Å². The summed E-state index contributed by atoms with van der Waals surface area (Å²) in [6, 6.07) is 8.30. The third kappa shape index (κ3) is 4.65. The van der Waals surface area contributed by atoms with Gasteiger partial charge in [0, 0.05) is 57.5 Å². The molecule has 11 aliphatic rings. The SMILES string of the molecule is Cc1cc(O)c2c(c1)C(=O)c1c(c3cc4c(nccc14)NC[C@H](O)[C@]14CC5(CCCC5)C[C@H]1c1cc[nH]c1C1=C[C@@]5(O3)O[C@@]3(C1=C4C[C@]1(CCC4(CCCC4)C1)[C@H]3O)[C@@H](O)[C@H](O)[C@H]5O)C2=O. The van der Waals surface area contributed by atoms with Crippen molar-refractivity contribution < 1.29 is 49.7 Å². The molecule has 66 heavy (non-hydrogen) atoms. The summed E-state index contributed by atoms with van der Waals surface area (Å²) in [4.78, 5) is 38.3. The maximum absolute atomic E-state index is 15.0. The van der Waals surface area contributed by atoms with Crippen LogP contribution in [0.1, 0.15) is 144 Å². The standard InChI is InChI=1S/C53H55N3O10/c1-25-16-29-36(33(57)17-25)42(60)38-34-18-28-26(37(38)41(29)59)6-15-55-46(28)56-22-35(58)51-24-49(10-4-5-11-49)20-31(51)27-7-14-54-40(27)30-19-52(65-34)44(62)43(61)45(63)53(66-52)39(30)32(51)21-50(47(53)64)13-12-48(23-50)8-2-3-9-48/h6-7,14-19,31,35,43-45,47,54,57-58,61-64H,2-5,8-13,20-24H2,1H3,(H,55,56)/t31-,35-,43+,44+,45-,47+,50-,51+,52+,53-/m0/s1. The fraction of sp³-hybridized carbons (Fsp3) is 0.528. The molecule has 6 heterocycles. The Bertz CT molecular complexity index is 2960. The molecule has 2 aromatic carbocycles. The summed E-state index contributed by atoms with van der Waals surface area (Å²) in [5.74, 6) is -4.04. The number of ether oxygens (including phenoxy) is 2. The van der Waals surface area contributed by atoms with Gasteiger partial charge in [-0.05, 0) is 146 Å². The van der Waals surface area contributed by atoms with E-state index in [4.69, 9.17) is 14.5 Å². The van der Waals surface area contributed by atoms with Gasteiger partial charge in [-0.3, -0.25) is 9.59 Å². The summed E-state index contributed by atoms with van der Waals surface area (Å²) in [6.45, 7) is 1.77. The minimum atomic E-state index is -2.38. The second kappa shape index (κ2) is 12.8. The van der Waals surface area contributed by atoms with Gasteiger partial charge < -0.3 is 50.4 Å². The number of rotatable bonds is 0. The van der Waals surface area contributed by atoms with Crippen molar-refractivity contribution in [1.82, 2.24) is 9.97 Å². The second-order valence-electron chi connectivity index (χ2n) is 22.5. The minimum absolute atomic E-state index is 0.00100. The summed E-state index contributed by atoms with van der Waals surface area (Å²) in [6.07, 6.45) is 9.47. The predicted octanol–water partition coefficient (Wildman–Crippen LogP) is 6.39. The van der Waals surface area contributed by atoms with E-state index in [9.17, 15) is 35.4 Å². The number of aromatic amines is 1. The molecule has 4 aliphatic heterocycles. The van der Waals surface area contributed by atoms with Crippen LogP contribution in [0, 0.1) is 28.6 Å². The molecular weight excluding hydrogens is 839 g/mol. The Morgan fingerprint density at radius 3 is 2.38 bits per heavy atom. The molecule has 5 fully saturated rings. The van der Waals surface area contributed by atoms with Crippen molar-refractivity contribution in [3.8, 4) is 11.5 Å². The second-order valence-corrected chi connectivity index (χ2v) is 22.5. The summed E-state index contributed by atoms with van der Waals surface area (Å²) >= 11 is 0. The number of pyridine rings is 1. The van der Waals surface area contributed by atoms with E-state index in [1.807, 2.05) is 6.20 Å². The van der Waals surface area contributed by atoms with E-state index in [-0.39, 0.29) is 57.0 Å². The van der Waals surface area contributed by atoms with Crippen molar-refractivity contribution in [2.75, 3.05) is 11.9 Å². The van der Waals surface area contributed by atoms with E-state index in [1.165, 1.54) is 6.07 Å². The van der Waals surface area contributed by atoms with E-state index < -0.39 is 64.3 Å². The Morgan fingerprint density at radius 2 is 1.59 bits per heavy atom. The normalized spacial score (nSPS) is 38.4. The quantitative estimate of drug-likeness (QED) is 0.0849. The van der Waals surface area contributed by atoms with Crippen molar-refractivity contribution in [2.45, 2.75) is 145 Å². The highest BCUT2D eigenvalue weighted by Gasteiger charge is 2.77. The predicted molar refractivity (Wildman–Crippen MR) is 240 cm³/mol. The maximum Gasteiger partial charge on any atom is 0.261 e. The maximum atomic E-state index is 15.0. The lowest BCUT2D eigenvalue weighted by atomic mass is 9.50. The highest BCUT2D eigenvalue weighted by atomic mass is 16.7. The highest BCUT2D eigenvalue weighted by Crippen LogP contribution is 2.76. The van der Waals surface area contributed by atoms with Gasteiger partial charge in [-0.2, -0.15) is 0 Å². The van der Waals surface area contributed by atoms with E-state index in [1.54, 1.807) is 37.4 Å². The number of carbonyl (C=O) groups is 2. The molecule has 0 amide bonds. The van der Waals surface area contributed by atoms with Crippen LogP contribution < -0.4 is 10.1 Å². The molecule has 0 unspecified atom stereocenters. The summed E-state index contributed by atoms with van der Waals surface area (Å²) in [5, 5.41) is 81.1. The summed E-state index contributed by atoms with van der Waals surface area (Å²) < 4.78 is 14.5. The number of aliphatic hydroxyl groups excluding tert-OH is 5. The lowest BCUT2D eigenvalue weighted by molar-refractivity contribution is -0.366. The Kier molecular flexibility index (Phi) is 7.79. The number of benzene rings is 2. The number of aryl methyl sites for hydroxylation is 1. The topological polar surface area (TPSA) is 215 Å². The molecule has 15 rings (SSSR count). The first-order chi connectivity index (χ1) is 31.7. The summed E-state index contributed by atoms with van der Waals surface area (Å²) in [7, 11) is 0. The molecule has 4 saturated carbocycles. The number of anilines is 1. The van der Waals surface area contributed by atoms with Gasteiger partial charge in [0.15, 0.2) is 17.5 Å². The molecule has 13 nitrogen and oxygen atoms in total. The smallest absolute Gasteiger partial charge is 0.261 e. The van der Waals surface area contributed by atoms with E-state index >= 15 is 4.79 Å². The zero-order valence-electron chi connectivity index (χ0n) is 37.0. The van der Waals surface area contributed by atoms with Gasteiger partial charge in [0.05, 0.1) is 23.3 Å². The molecule has 1 saturated heterocycles. The van der Waals surface area contributed by atoms with Crippen LogP contribution in [0.2, 0.25) is 0 Å². The lowest BCUT2D eigenvalue weighted by Gasteiger charge is -2.64. The van der Waals surface area contributed by atoms with Gasteiger partial charge in [0.2, 0.25) is 5.78 Å². The van der Waals surface area contributed by atoms with Crippen molar-refractivity contribution in [1.29, 1.82) is 0 Å². The van der Waals surface area contributed by atoms with Crippen LogP contribution in [0.4, 0.5) is 5.82 Å². The van der Waals surface area contributed by atoms with Gasteiger partial charge in [-0.25, -0.2) is 4.98 Å². The minimum Gasteiger partial charge on any atom is -0.507 e. The number of phenolic OH excluding ortho intramolecular Hbond substituents is 1. The third-order valence-corrected chi connectivity index (χ3v) is 19.3. The van der Waals surface area contributed by atoms with Gasteiger partial charge in [0.25, 0.3) is 5.79 Å². The number of nitrogens with one attached hydrogen (secondary N) is 2.